The molecule has 0 unspecified atom stereocenters. The van der Waals surface area contributed by atoms with Crippen LogP contribution in [0.5, 0.6) is 0 Å². The van der Waals surface area contributed by atoms with Crippen molar-refractivity contribution >= 4 is 39.2 Å². The lowest BCUT2D eigenvalue weighted by atomic mass is 10.2. The Hall–Kier alpha value is -1.52. The molecule has 0 bridgehead atoms. The number of amides is 2. The zero-order chi connectivity index (χ0) is 14.5. The van der Waals surface area contributed by atoms with Gasteiger partial charge >= 0.3 is 6.03 Å². The van der Waals surface area contributed by atoms with Gasteiger partial charge < -0.3 is 10.6 Å². The third-order valence-electron chi connectivity index (χ3n) is 2.78. The van der Waals surface area contributed by atoms with Gasteiger partial charge in [-0.2, -0.15) is 0 Å². The first-order chi connectivity index (χ1) is 9.54. The Bertz CT molecular complexity index is 631. The van der Waals surface area contributed by atoms with Gasteiger partial charge in [-0.1, -0.05) is 39.7 Å². The van der Waals surface area contributed by atoms with Crippen molar-refractivity contribution in [2.75, 3.05) is 5.32 Å². The number of carbonyl (C=O) groups excluding carboxylic acids is 1. The molecule has 20 heavy (non-hydrogen) atoms. The lowest BCUT2D eigenvalue weighted by Crippen LogP contribution is -2.28. The molecule has 2 rings (SSSR count). The van der Waals surface area contributed by atoms with Gasteiger partial charge in [0, 0.05) is 21.7 Å². The van der Waals surface area contributed by atoms with Crippen LogP contribution in [-0.4, -0.2) is 6.03 Å². The van der Waals surface area contributed by atoms with Gasteiger partial charge in [-0.15, -0.1) is 0 Å². The Kier molecular flexibility index (Phi) is 5.04. The van der Waals surface area contributed by atoms with Gasteiger partial charge in [0.2, 0.25) is 0 Å². The molecule has 0 radical (unpaired) electrons. The predicted octanol–water partition coefficient (Wildman–Crippen LogP) is 4.73. The van der Waals surface area contributed by atoms with Gasteiger partial charge in [0.15, 0.2) is 0 Å². The molecule has 104 valence electrons. The lowest BCUT2D eigenvalue weighted by molar-refractivity contribution is 0.251. The molecule has 0 saturated heterocycles. The van der Waals surface area contributed by atoms with Crippen LogP contribution in [0, 0.1) is 6.92 Å². The molecule has 2 N–H and O–H groups in total. The van der Waals surface area contributed by atoms with E-state index in [9.17, 15) is 4.79 Å². The number of anilines is 1. The van der Waals surface area contributed by atoms with Gasteiger partial charge in [-0.25, -0.2) is 4.79 Å². The molecule has 0 atom stereocenters. The van der Waals surface area contributed by atoms with Gasteiger partial charge in [0.05, 0.1) is 0 Å². The van der Waals surface area contributed by atoms with Crippen molar-refractivity contribution < 1.29 is 4.79 Å². The van der Waals surface area contributed by atoms with Crippen LogP contribution in [0.2, 0.25) is 5.02 Å². The zero-order valence-corrected chi connectivity index (χ0v) is 13.3. The minimum absolute atomic E-state index is 0.240. The average molecular weight is 354 g/mol. The molecule has 5 heteroatoms. The number of carbonyl (C=O) groups is 1. The van der Waals surface area contributed by atoms with Gasteiger partial charge in [-0.05, 0) is 48.4 Å². The van der Waals surface area contributed by atoms with E-state index in [2.05, 4.69) is 26.6 Å². The summed E-state index contributed by atoms with van der Waals surface area (Å²) in [7, 11) is 0. The topological polar surface area (TPSA) is 41.1 Å². The van der Waals surface area contributed by atoms with Crippen molar-refractivity contribution in [1.82, 2.24) is 5.32 Å². The molecule has 0 spiro atoms. The van der Waals surface area contributed by atoms with Crippen molar-refractivity contribution in [3.8, 4) is 0 Å². The third-order valence-corrected chi connectivity index (χ3v) is 3.51. The molecular formula is C15H14BrClN2O. The van der Waals surface area contributed by atoms with E-state index in [4.69, 9.17) is 11.6 Å². The molecule has 0 aliphatic carbocycles. The molecule has 2 amide bonds. The van der Waals surface area contributed by atoms with Crippen molar-refractivity contribution in [3.05, 3.63) is 63.1 Å². The molecule has 2 aromatic carbocycles. The second-order valence-electron chi connectivity index (χ2n) is 4.40. The maximum atomic E-state index is 11.8. The Morgan fingerprint density at radius 2 is 2.05 bits per heavy atom. The Morgan fingerprint density at radius 1 is 1.25 bits per heavy atom. The van der Waals surface area contributed by atoms with Crippen LogP contribution in [0.15, 0.2) is 46.9 Å². The molecule has 3 nitrogen and oxygen atoms in total. The highest BCUT2D eigenvalue weighted by molar-refractivity contribution is 9.10. The molecule has 0 saturated carbocycles. The second kappa shape index (κ2) is 6.77. The number of hydrogen-bond donors (Lipinski definition) is 2. The summed E-state index contributed by atoms with van der Waals surface area (Å²) >= 11 is 9.28. The highest BCUT2D eigenvalue weighted by Crippen LogP contribution is 2.19. The van der Waals surface area contributed by atoms with Crippen molar-refractivity contribution in [2.45, 2.75) is 13.5 Å². The molecule has 2 aromatic rings. The second-order valence-corrected chi connectivity index (χ2v) is 5.75. The maximum absolute atomic E-state index is 11.8. The van der Waals surface area contributed by atoms with E-state index in [1.807, 2.05) is 37.3 Å². The highest BCUT2D eigenvalue weighted by Gasteiger charge is 2.04. The first-order valence-corrected chi connectivity index (χ1v) is 7.27. The summed E-state index contributed by atoms with van der Waals surface area (Å²) in [5, 5.41) is 6.27. The Morgan fingerprint density at radius 3 is 2.75 bits per heavy atom. The first-order valence-electron chi connectivity index (χ1n) is 6.10. The number of halogens is 2. The monoisotopic (exact) mass is 352 g/mol. The summed E-state index contributed by atoms with van der Waals surface area (Å²) in [6, 6.07) is 12.9. The number of rotatable bonds is 3. The molecule has 0 aliphatic rings. The quantitative estimate of drug-likeness (QED) is 0.822. The van der Waals surface area contributed by atoms with Crippen molar-refractivity contribution in [3.63, 3.8) is 0 Å². The van der Waals surface area contributed by atoms with Crippen LogP contribution in [0.25, 0.3) is 0 Å². The van der Waals surface area contributed by atoms with E-state index in [0.29, 0.717) is 11.6 Å². The third kappa shape index (κ3) is 4.25. The smallest absolute Gasteiger partial charge is 0.319 e. The summed E-state index contributed by atoms with van der Waals surface area (Å²) < 4.78 is 0.991. The van der Waals surface area contributed by atoms with Gasteiger partial charge in [0.25, 0.3) is 0 Å². The number of urea groups is 1. The number of benzene rings is 2. The van der Waals surface area contributed by atoms with Crippen LogP contribution < -0.4 is 10.6 Å². The fraction of sp³-hybridized carbons (Fsp3) is 0.133. The Balaban J connectivity index is 1.92. The van der Waals surface area contributed by atoms with Crippen molar-refractivity contribution in [2.24, 2.45) is 0 Å². The largest absolute Gasteiger partial charge is 0.334 e. The maximum Gasteiger partial charge on any atom is 0.319 e. The van der Waals surface area contributed by atoms with Crippen molar-refractivity contribution in [1.29, 1.82) is 0 Å². The number of aryl methyl sites for hydroxylation is 1. The minimum atomic E-state index is -0.240. The zero-order valence-electron chi connectivity index (χ0n) is 10.9. The van der Waals surface area contributed by atoms with Crippen LogP contribution in [0.4, 0.5) is 10.5 Å². The summed E-state index contributed by atoms with van der Waals surface area (Å²) in [5.41, 5.74) is 2.71. The fourth-order valence-corrected chi connectivity index (χ4v) is 2.44. The molecule has 0 fully saturated rings. The molecule has 0 aliphatic heterocycles. The van der Waals surface area contributed by atoms with Crippen LogP contribution in [0.1, 0.15) is 11.1 Å². The fourth-order valence-electron chi connectivity index (χ4n) is 1.76. The SMILES string of the molecule is Cc1cc(Cl)ccc1NC(=O)NCc1cccc(Br)c1. The molecular weight excluding hydrogens is 340 g/mol. The standard InChI is InChI=1S/C15H14BrClN2O/c1-10-7-13(17)5-6-14(10)19-15(20)18-9-11-3-2-4-12(16)8-11/h2-8H,9H2,1H3,(H2,18,19,20). The number of nitrogens with one attached hydrogen (secondary N) is 2. The molecule has 0 heterocycles. The van der Waals surface area contributed by atoms with E-state index in [0.717, 1.165) is 21.3 Å². The summed E-state index contributed by atoms with van der Waals surface area (Å²) in [6.07, 6.45) is 0. The highest BCUT2D eigenvalue weighted by atomic mass is 79.9. The summed E-state index contributed by atoms with van der Waals surface area (Å²) in [6.45, 7) is 2.37. The van der Waals surface area contributed by atoms with Crippen LogP contribution in [0.3, 0.4) is 0 Å². The normalized spacial score (nSPS) is 10.2. The van der Waals surface area contributed by atoms with Crippen LogP contribution in [-0.2, 0) is 6.54 Å². The summed E-state index contributed by atoms with van der Waals surface area (Å²) in [4.78, 5) is 11.8. The van der Waals surface area contributed by atoms with E-state index in [-0.39, 0.29) is 6.03 Å². The average Bonchev–Trinajstić information content (AvgIpc) is 2.40. The van der Waals surface area contributed by atoms with E-state index in [1.54, 1.807) is 12.1 Å². The van der Waals surface area contributed by atoms with Gasteiger partial charge in [-0.3, -0.25) is 0 Å². The number of hydrogen-bond acceptors (Lipinski definition) is 1. The van der Waals surface area contributed by atoms with E-state index in [1.165, 1.54) is 0 Å². The Labute approximate surface area is 131 Å². The minimum Gasteiger partial charge on any atom is -0.334 e. The summed E-state index contributed by atoms with van der Waals surface area (Å²) in [5.74, 6) is 0. The molecule has 0 aromatic heterocycles. The van der Waals surface area contributed by atoms with E-state index < -0.39 is 0 Å². The van der Waals surface area contributed by atoms with Gasteiger partial charge in [0.1, 0.15) is 0 Å². The predicted molar refractivity (Wildman–Crippen MR) is 86.2 cm³/mol. The first kappa shape index (κ1) is 14.9. The lowest BCUT2D eigenvalue weighted by Gasteiger charge is -2.10. The van der Waals surface area contributed by atoms with Crippen LogP contribution >= 0.6 is 27.5 Å². The van der Waals surface area contributed by atoms with E-state index >= 15 is 0 Å².